The summed E-state index contributed by atoms with van der Waals surface area (Å²) in [7, 11) is 0. The molecule has 2 N–H and O–H groups in total. The molecule has 2 rings (SSSR count). The van der Waals surface area contributed by atoms with Gasteiger partial charge in [0.2, 0.25) is 11.8 Å². The molecule has 6 nitrogen and oxygen atoms in total. The van der Waals surface area contributed by atoms with Gasteiger partial charge in [-0.15, -0.1) is 0 Å². The van der Waals surface area contributed by atoms with Crippen LogP contribution < -0.4 is 15.5 Å². The number of hydrogen-bond acceptors (Lipinski definition) is 4. The molecule has 0 radical (unpaired) electrons. The largest absolute Gasteiger partial charge is 0.493 e. The summed E-state index contributed by atoms with van der Waals surface area (Å²) in [5.41, 5.74) is 3.56. The van der Waals surface area contributed by atoms with Gasteiger partial charge in [-0.05, 0) is 53.9 Å². The second-order valence-electron chi connectivity index (χ2n) is 6.42. The summed E-state index contributed by atoms with van der Waals surface area (Å²) in [6, 6.07) is 12.0. The average molecular weight is 422 g/mol. The molecular formula is C20H21Cl2N3O3. The highest BCUT2D eigenvalue weighted by molar-refractivity contribution is 6.42. The summed E-state index contributed by atoms with van der Waals surface area (Å²) in [6.07, 6.45) is 1.11. The lowest BCUT2D eigenvalue weighted by Crippen LogP contribution is -2.24. The Morgan fingerprint density at radius 1 is 1.07 bits per heavy atom. The van der Waals surface area contributed by atoms with E-state index in [0.717, 1.165) is 11.3 Å². The number of carbonyl (C=O) groups excluding carboxylic acids is 2. The number of benzene rings is 2. The summed E-state index contributed by atoms with van der Waals surface area (Å²) < 4.78 is 5.60. The minimum Gasteiger partial charge on any atom is -0.493 e. The average Bonchev–Trinajstić information content (AvgIpc) is 2.64. The molecule has 0 bridgehead atoms. The van der Waals surface area contributed by atoms with E-state index in [9.17, 15) is 9.59 Å². The summed E-state index contributed by atoms with van der Waals surface area (Å²) in [5.74, 6) is 0.197. The standard InChI is InChI=1S/C20H21Cl2N3O3/c1-13(2)12-28-16-6-3-14(4-7-16)11-23-25-20(27)10-19(26)24-15-5-8-17(21)18(22)9-15/h3-9,11,13H,10,12H2,1-2H3,(H,24,26)(H,25,27). The number of nitrogens with one attached hydrogen (secondary N) is 2. The molecule has 0 saturated carbocycles. The molecule has 2 amide bonds. The maximum atomic E-state index is 11.9. The van der Waals surface area contributed by atoms with Crippen LogP contribution in [-0.2, 0) is 9.59 Å². The van der Waals surface area contributed by atoms with Crippen molar-refractivity contribution in [3.63, 3.8) is 0 Å². The predicted molar refractivity (Wildman–Crippen MR) is 112 cm³/mol. The first-order valence-corrected chi connectivity index (χ1v) is 9.38. The van der Waals surface area contributed by atoms with Crippen molar-refractivity contribution in [1.29, 1.82) is 0 Å². The zero-order chi connectivity index (χ0) is 20.5. The van der Waals surface area contributed by atoms with Crippen molar-refractivity contribution in [2.24, 2.45) is 11.0 Å². The first-order chi connectivity index (χ1) is 13.3. The van der Waals surface area contributed by atoms with Crippen molar-refractivity contribution in [2.45, 2.75) is 20.3 Å². The molecule has 0 fully saturated rings. The van der Waals surface area contributed by atoms with E-state index in [2.05, 4.69) is 29.7 Å². The molecule has 0 spiro atoms. The van der Waals surface area contributed by atoms with Crippen molar-refractivity contribution in [3.05, 3.63) is 58.1 Å². The summed E-state index contributed by atoms with van der Waals surface area (Å²) >= 11 is 11.7. The smallest absolute Gasteiger partial charge is 0.249 e. The molecular weight excluding hydrogens is 401 g/mol. The molecule has 0 aliphatic carbocycles. The van der Waals surface area contributed by atoms with E-state index in [0.29, 0.717) is 28.3 Å². The number of ether oxygens (including phenoxy) is 1. The number of carbonyl (C=O) groups is 2. The SMILES string of the molecule is CC(C)COc1ccc(C=NNC(=O)CC(=O)Nc2ccc(Cl)c(Cl)c2)cc1. The van der Waals surface area contributed by atoms with Gasteiger partial charge in [-0.25, -0.2) is 5.43 Å². The van der Waals surface area contributed by atoms with Crippen LogP contribution in [0.3, 0.4) is 0 Å². The third kappa shape index (κ3) is 7.58. The first kappa shape index (κ1) is 21.7. The van der Waals surface area contributed by atoms with Crippen LogP contribution in [0.2, 0.25) is 10.0 Å². The summed E-state index contributed by atoms with van der Waals surface area (Å²) in [6.45, 7) is 4.80. The van der Waals surface area contributed by atoms with E-state index >= 15 is 0 Å². The topological polar surface area (TPSA) is 79.8 Å². The molecule has 0 saturated heterocycles. The maximum Gasteiger partial charge on any atom is 0.249 e. The van der Waals surface area contributed by atoms with E-state index in [-0.39, 0.29) is 6.42 Å². The zero-order valence-electron chi connectivity index (χ0n) is 15.5. The van der Waals surface area contributed by atoms with Crippen LogP contribution in [0.25, 0.3) is 0 Å². The number of hydrazone groups is 1. The maximum absolute atomic E-state index is 11.9. The number of anilines is 1. The van der Waals surface area contributed by atoms with E-state index in [1.807, 2.05) is 24.3 Å². The molecule has 0 aromatic heterocycles. The van der Waals surface area contributed by atoms with Gasteiger partial charge in [-0.2, -0.15) is 5.10 Å². The number of hydrogen-bond donors (Lipinski definition) is 2. The first-order valence-electron chi connectivity index (χ1n) is 8.63. The van der Waals surface area contributed by atoms with Crippen molar-refractivity contribution in [1.82, 2.24) is 5.43 Å². The molecule has 0 atom stereocenters. The van der Waals surface area contributed by atoms with Crippen LogP contribution in [0, 0.1) is 5.92 Å². The zero-order valence-corrected chi connectivity index (χ0v) is 17.1. The Labute approximate surface area is 173 Å². The normalized spacial score (nSPS) is 10.9. The highest BCUT2D eigenvalue weighted by Crippen LogP contribution is 2.25. The Morgan fingerprint density at radius 2 is 1.79 bits per heavy atom. The number of nitrogens with zero attached hydrogens (tertiary/aromatic N) is 1. The molecule has 0 heterocycles. The summed E-state index contributed by atoms with van der Waals surface area (Å²) in [5, 5.41) is 7.11. The molecule has 8 heteroatoms. The van der Waals surface area contributed by atoms with Crippen LogP contribution in [0.1, 0.15) is 25.8 Å². The van der Waals surface area contributed by atoms with E-state index in [4.69, 9.17) is 27.9 Å². The quantitative estimate of drug-likeness (QED) is 0.373. The van der Waals surface area contributed by atoms with Crippen LogP contribution in [0.15, 0.2) is 47.6 Å². The van der Waals surface area contributed by atoms with Gasteiger partial charge in [-0.3, -0.25) is 9.59 Å². The Hall–Kier alpha value is -2.57. The third-order valence-electron chi connectivity index (χ3n) is 3.39. The molecule has 28 heavy (non-hydrogen) atoms. The van der Waals surface area contributed by atoms with Gasteiger partial charge in [0.1, 0.15) is 12.2 Å². The van der Waals surface area contributed by atoms with Gasteiger partial charge in [0.25, 0.3) is 0 Å². The molecule has 148 valence electrons. The van der Waals surface area contributed by atoms with E-state index < -0.39 is 11.8 Å². The third-order valence-corrected chi connectivity index (χ3v) is 4.13. The minimum absolute atomic E-state index is 0.314. The predicted octanol–water partition coefficient (Wildman–Crippen LogP) is 4.51. The van der Waals surface area contributed by atoms with Crippen LogP contribution in [0.5, 0.6) is 5.75 Å². The Bertz CT molecular complexity index is 852. The van der Waals surface area contributed by atoms with Crippen molar-refractivity contribution >= 4 is 46.9 Å². The van der Waals surface area contributed by atoms with Gasteiger partial charge in [0, 0.05) is 5.69 Å². The van der Waals surface area contributed by atoms with Crippen molar-refractivity contribution in [3.8, 4) is 5.75 Å². The minimum atomic E-state index is -0.536. The lowest BCUT2D eigenvalue weighted by atomic mass is 10.2. The van der Waals surface area contributed by atoms with Gasteiger partial charge >= 0.3 is 0 Å². The molecule has 2 aromatic rings. The second kappa shape index (κ2) is 10.7. The van der Waals surface area contributed by atoms with Gasteiger partial charge in [0.15, 0.2) is 0 Å². The van der Waals surface area contributed by atoms with Crippen molar-refractivity contribution < 1.29 is 14.3 Å². The van der Waals surface area contributed by atoms with E-state index in [1.54, 1.807) is 12.1 Å². The fourth-order valence-corrected chi connectivity index (χ4v) is 2.35. The summed E-state index contributed by atoms with van der Waals surface area (Å²) in [4.78, 5) is 23.7. The van der Waals surface area contributed by atoms with Crippen LogP contribution >= 0.6 is 23.2 Å². The number of halogens is 2. The molecule has 0 unspecified atom stereocenters. The molecule has 2 aromatic carbocycles. The second-order valence-corrected chi connectivity index (χ2v) is 7.24. The number of rotatable bonds is 8. The van der Waals surface area contributed by atoms with Crippen LogP contribution in [-0.4, -0.2) is 24.6 Å². The number of amides is 2. The van der Waals surface area contributed by atoms with Gasteiger partial charge < -0.3 is 10.1 Å². The Balaban J connectivity index is 1.77. The molecule has 0 aliphatic rings. The molecule has 0 aliphatic heterocycles. The van der Waals surface area contributed by atoms with E-state index in [1.165, 1.54) is 12.3 Å². The highest BCUT2D eigenvalue weighted by Gasteiger charge is 2.10. The Kier molecular flexibility index (Phi) is 8.29. The lowest BCUT2D eigenvalue weighted by molar-refractivity contribution is -0.126. The fourth-order valence-electron chi connectivity index (χ4n) is 2.06. The monoisotopic (exact) mass is 421 g/mol. The fraction of sp³-hybridized carbons (Fsp3) is 0.250. The Morgan fingerprint density at radius 3 is 2.43 bits per heavy atom. The van der Waals surface area contributed by atoms with Gasteiger partial charge in [-0.1, -0.05) is 37.0 Å². The van der Waals surface area contributed by atoms with Gasteiger partial charge in [0.05, 0.1) is 22.9 Å². The van der Waals surface area contributed by atoms with Crippen molar-refractivity contribution in [2.75, 3.05) is 11.9 Å². The highest BCUT2D eigenvalue weighted by atomic mass is 35.5. The lowest BCUT2D eigenvalue weighted by Gasteiger charge is -2.08. The van der Waals surface area contributed by atoms with Crippen LogP contribution in [0.4, 0.5) is 5.69 Å².